The van der Waals surface area contributed by atoms with E-state index in [1.54, 1.807) is 20.8 Å². The lowest BCUT2D eigenvalue weighted by molar-refractivity contribution is -0.155. The molecule has 9 nitrogen and oxygen atoms in total. The standard InChI is InChI=1S/C26H37F2N3O6Si/c1-26(2,3)37-25(35)29-16-11-22(33)30(14-16)17-12-19(27)23(20(28)13-17)18-7-8-21(32)31(24(18)34)15-36-9-10-38(4,5)6/h12-13,16,18H,7-11,14-15H2,1-6H3,(H,29,35)/t16-,18?/m1/s1. The van der Waals surface area contributed by atoms with Gasteiger partial charge in [-0.25, -0.2) is 13.6 Å². The van der Waals surface area contributed by atoms with Gasteiger partial charge < -0.3 is 19.7 Å². The van der Waals surface area contributed by atoms with Crippen molar-refractivity contribution in [2.75, 3.05) is 24.8 Å². The van der Waals surface area contributed by atoms with Crippen molar-refractivity contribution in [1.29, 1.82) is 0 Å². The van der Waals surface area contributed by atoms with Gasteiger partial charge in [-0.1, -0.05) is 19.6 Å². The molecular formula is C26H37F2N3O6Si. The maximum absolute atomic E-state index is 15.3. The van der Waals surface area contributed by atoms with E-state index in [4.69, 9.17) is 9.47 Å². The van der Waals surface area contributed by atoms with Crippen LogP contribution in [0.15, 0.2) is 12.1 Å². The number of alkyl carbamates (subject to hydrolysis) is 1. The Bertz CT molecular complexity index is 1080. The van der Waals surface area contributed by atoms with Crippen LogP contribution in [0.3, 0.4) is 0 Å². The second kappa shape index (κ2) is 11.5. The molecule has 0 bridgehead atoms. The summed E-state index contributed by atoms with van der Waals surface area (Å²) in [6.45, 7) is 11.8. The van der Waals surface area contributed by atoms with Crippen LogP contribution < -0.4 is 10.2 Å². The van der Waals surface area contributed by atoms with Gasteiger partial charge in [-0.3, -0.25) is 19.3 Å². The van der Waals surface area contributed by atoms with Crippen LogP contribution >= 0.6 is 0 Å². The number of amides is 4. The predicted molar refractivity (Wildman–Crippen MR) is 139 cm³/mol. The second-order valence-corrected chi connectivity index (χ2v) is 17.6. The highest BCUT2D eigenvalue weighted by Crippen LogP contribution is 2.35. The number of piperidine rings is 1. The summed E-state index contributed by atoms with van der Waals surface area (Å²) in [7, 11) is -1.37. The first-order chi connectivity index (χ1) is 17.6. The Hall–Kier alpha value is -2.86. The summed E-state index contributed by atoms with van der Waals surface area (Å²) in [5.74, 6) is -4.72. The third-order valence-electron chi connectivity index (χ3n) is 6.30. The molecule has 0 saturated carbocycles. The van der Waals surface area contributed by atoms with Crippen LogP contribution in [0, 0.1) is 11.6 Å². The summed E-state index contributed by atoms with van der Waals surface area (Å²) in [6, 6.07) is 2.26. The van der Waals surface area contributed by atoms with E-state index >= 15 is 8.78 Å². The molecule has 1 N–H and O–H groups in total. The zero-order chi connectivity index (χ0) is 28.4. The van der Waals surface area contributed by atoms with Gasteiger partial charge in [0.25, 0.3) is 0 Å². The van der Waals surface area contributed by atoms with Crippen LogP contribution in [0.4, 0.5) is 19.3 Å². The Balaban J connectivity index is 1.71. The topological polar surface area (TPSA) is 105 Å². The summed E-state index contributed by atoms with van der Waals surface area (Å²) >= 11 is 0. The number of ether oxygens (including phenoxy) is 2. The third kappa shape index (κ3) is 7.59. The average Bonchev–Trinajstić information content (AvgIpc) is 3.11. The van der Waals surface area contributed by atoms with Gasteiger partial charge in [0, 0.05) is 45.3 Å². The van der Waals surface area contributed by atoms with Crippen molar-refractivity contribution in [3.05, 3.63) is 29.3 Å². The van der Waals surface area contributed by atoms with Gasteiger partial charge in [-0.05, 0) is 45.4 Å². The van der Waals surface area contributed by atoms with Gasteiger partial charge in [0.15, 0.2) is 0 Å². The Kier molecular flexibility index (Phi) is 8.97. The third-order valence-corrected chi connectivity index (χ3v) is 8.00. The van der Waals surface area contributed by atoms with Gasteiger partial charge in [-0.15, -0.1) is 0 Å². The van der Waals surface area contributed by atoms with E-state index in [-0.39, 0.29) is 38.2 Å². The lowest BCUT2D eigenvalue weighted by atomic mass is 9.88. The number of nitrogens with one attached hydrogen (secondary N) is 1. The first-order valence-corrected chi connectivity index (χ1v) is 16.5. The summed E-state index contributed by atoms with van der Waals surface area (Å²) in [5, 5.41) is 2.60. The lowest BCUT2D eigenvalue weighted by Crippen LogP contribution is -2.45. The minimum absolute atomic E-state index is 0.00963. The number of hydrogen-bond acceptors (Lipinski definition) is 6. The Labute approximate surface area is 222 Å². The second-order valence-electron chi connectivity index (χ2n) is 12.0. The van der Waals surface area contributed by atoms with Crippen LogP contribution in [0.2, 0.25) is 25.7 Å². The molecule has 0 spiro atoms. The first-order valence-electron chi connectivity index (χ1n) is 12.8. The molecule has 3 rings (SSSR count). The molecule has 2 heterocycles. The van der Waals surface area contributed by atoms with Crippen molar-refractivity contribution in [3.63, 3.8) is 0 Å². The summed E-state index contributed by atoms with van der Waals surface area (Å²) in [5.41, 5.74) is -1.17. The minimum Gasteiger partial charge on any atom is -0.444 e. The molecule has 0 radical (unpaired) electrons. The predicted octanol–water partition coefficient (Wildman–Crippen LogP) is 4.14. The van der Waals surface area contributed by atoms with E-state index in [1.165, 1.54) is 4.90 Å². The van der Waals surface area contributed by atoms with E-state index in [0.29, 0.717) is 6.61 Å². The summed E-state index contributed by atoms with van der Waals surface area (Å²) in [6.07, 6.45) is -0.818. The van der Waals surface area contributed by atoms with Crippen LogP contribution in [-0.4, -0.2) is 68.3 Å². The molecular weight excluding hydrogens is 516 g/mol. The fourth-order valence-corrected chi connectivity index (χ4v) is 5.12. The normalized spacial score (nSPS) is 20.8. The number of imide groups is 1. The van der Waals surface area contributed by atoms with Crippen molar-refractivity contribution in [2.45, 2.75) is 83.3 Å². The zero-order valence-electron chi connectivity index (χ0n) is 22.9. The highest BCUT2D eigenvalue weighted by Gasteiger charge is 2.39. The molecule has 1 aromatic carbocycles. The van der Waals surface area contributed by atoms with Gasteiger partial charge in [0.05, 0.1) is 12.0 Å². The number of benzene rings is 1. The van der Waals surface area contributed by atoms with Gasteiger partial charge in [0.1, 0.15) is 24.0 Å². The SMILES string of the molecule is CC(C)(C)OC(=O)N[C@@H]1CC(=O)N(c2cc(F)c(C3CCC(=O)N(COCC[Si](C)(C)C)C3=O)c(F)c2)C1. The number of likely N-dealkylation sites (tertiary alicyclic amines) is 1. The fourth-order valence-electron chi connectivity index (χ4n) is 4.36. The maximum atomic E-state index is 15.3. The van der Waals surface area contributed by atoms with Gasteiger partial charge in [0.2, 0.25) is 17.7 Å². The van der Waals surface area contributed by atoms with Gasteiger partial charge in [-0.2, -0.15) is 0 Å². The van der Waals surface area contributed by atoms with Crippen molar-refractivity contribution >= 4 is 37.6 Å². The number of hydrogen-bond donors (Lipinski definition) is 1. The number of carbonyl (C=O) groups is 4. The number of halogens is 2. The number of nitrogens with zero attached hydrogens (tertiary/aromatic N) is 2. The average molecular weight is 554 g/mol. The van der Waals surface area contributed by atoms with Crippen molar-refractivity contribution in [3.8, 4) is 0 Å². The number of rotatable bonds is 8. The Morgan fingerprint density at radius 3 is 2.32 bits per heavy atom. The molecule has 4 amide bonds. The van der Waals surface area contributed by atoms with Gasteiger partial charge >= 0.3 is 6.09 Å². The molecule has 2 fully saturated rings. The van der Waals surface area contributed by atoms with Crippen LogP contribution in [-0.2, 0) is 23.9 Å². The van der Waals surface area contributed by atoms with E-state index in [9.17, 15) is 19.2 Å². The molecule has 0 aromatic heterocycles. The van der Waals surface area contributed by atoms with E-state index in [2.05, 4.69) is 25.0 Å². The Morgan fingerprint density at radius 1 is 1.11 bits per heavy atom. The smallest absolute Gasteiger partial charge is 0.407 e. The quantitative estimate of drug-likeness (QED) is 0.295. The fraction of sp³-hybridized carbons (Fsp3) is 0.615. The van der Waals surface area contributed by atoms with E-state index in [1.807, 2.05) is 0 Å². The van der Waals surface area contributed by atoms with Crippen LogP contribution in [0.1, 0.15) is 51.5 Å². The molecule has 12 heteroatoms. The molecule has 2 saturated heterocycles. The molecule has 38 heavy (non-hydrogen) atoms. The van der Waals surface area contributed by atoms with E-state index < -0.39 is 66.6 Å². The first kappa shape index (κ1) is 29.7. The molecule has 1 unspecified atom stereocenters. The van der Waals surface area contributed by atoms with Crippen LogP contribution in [0.5, 0.6) is 0 Å². The number of carbonyl (C=O) groups excluding carboxylic acids is 4. The molecule has 2 aliphatic heterocycles. The summed E-state index contributed by atoms with van der Waals surface area (Å²) in [4.78, 5) is 52.1. The highest BCUT2D eigenvalue weighted by atomic mass is 28.3. The zero-order valence-corrected chi connectivity index (χ0v) is 23.9. The maximum Gasteiger partial charge on any atom is 0.407 e. The lowest BCUT2D eigenvalue weighted by Gasteiger charge is -2.31. The molecule has 210 valence electrons. The molecule has 2 aliphatic rings. The molecule has 0 aliphatic carbocycles. The monoisotopic (exact) mass is 553 g/mol. The Morgan fingerprint density at radius 2 is 1.74 bits per heavy atom. The number of anilines is 1. The van der Waals surface area contributed by atoms with Crippen molar-refractivity contribution < 1.29 is 37.4 Å². The van der Waals surface area contributed by atoms with Crippen molar-refractivity contribution in [2.24, 2.45) is 0 Å². The minimum atomic E-state index is -1.37. The largest absolute Gasteiger partial charge is 0.444 e. The van der Waals surface area contributed by atoms with Crippen molar-refractivity contribution in [1.82, 2.24) is 10.2 Å². The summed E-state index contributed by atoms with van der Waals surface area (Å²) < 4.78 is 41.3. The highest BCUT2D eigenvalue weighted by molar-refractivity contribution is 6.76. The molecule has 2 atom stereocenters. The molecule has 1 aromatic rings. The van der Waals surface area contributed by atoms with Crippen LogP contribution in [0.25, 0.3) is 0 Å². The van der Waals surface area contributed by atoms with E-state index in [0.717, 1.165) is 23.1 Å².